The van der Waals surface area contributed by atoms with E-state index in [2.05, 4.69) is 20.8 Å². The van der Waals surface area contributed by atoms with E-state index in [1.54, 1.807) is 12.1 Å². The molecule has 18 heavy (non-hydrogen) atoms. The third-order valence-corrected chi connectivity index (χ3v) is 2.52. The number of benzene rings is 1. The van der Waals surface area contributed by atoms with Gasteiger partial charge in [-0.05, 0) is 41.1 Å². The first kappa shape index (κ1) is 12.2. The Balaban J connectivity index is 2.06. The van der Waals surface area contributed by atoms with Crippen molar-refractivity contribution in [1.29, 1.82) is 0 Å². The fraction of sp³-hybridized carbons (Fsp3) is 0.273. The number of nitrogens with zero attached hydrogens (tertiary/aromatic N) is 4. The molecule has 0 aliphatic rings. The van der Waals surface area contributed by atoms with Crippen molar-refractivity contribution in [3.05, 3.63) is 30.6 Å². The van der Waals surface area contributed by atoms with Crippen LogP contribution >= 0.6 is 0 Å². The Morgan fingerprint density at radius 2 is 2.17 bits per heavy atom. The number of hydrogen-bond acceptors (Lipinski definition) is 5. The normalized spacial score (nSPS) is 12.1. The first-order valence-corrected chi connectivity index (χ1v) is 5.60. The van der Waals surface area contributed by atoms with Gasteiger partial charge in [-0.2, -0.15) is 0 Å². The molecule has 0 fully saturated rings. The summed E-state index contributed by atoms with van der Waals surface area (Å²) in [7, 11) is 0. The molecule has 0 aliphatic heterocycles. The smallest absolute Gasteiger partial charge is 0.241 e. The summed E-state index contributed by atoms with van der Waals surface area (Å²) in [6.07, 6.45) is 2.11. The van der Waals surface area contributed by atoms with E-state index in [9.17, 15) is 4.79 Å². The van der Waals surface area contributed by atoms with Gasteiger partial charge < -0.3 is 11.1 Å². The second kappa shape index (κ2) is 5.37. The highest BCUT2D eigenvalue weighted by atomic mass is 16.2. The third-order valence-electron chi connectivity index (χ3n) is 2.52. The van der Waals surface area contributed by atoms with E-state index < -0.39 is 6.04 Å². The minimum Gasteiger partial charge on any atom is -0.325 e. The fourth-order valence-electron chi connectivity index (χ4n) is 1.40. The number of anilines is 1. The molecule has 1 aromatic heterocycles. The highest BCUT2D eigenvalue weighted by Gasteiger charge is 2.10. The number of carbonyl (C=O) groups excluding carboxylic acids is 1. The molecule has 7 heteroatoms. The van der Waals surface area contributed by atoms with Crippen LogP contribution in [0, 0.1) is 0 Å². The Hall–Kier alpha value is -2.28. The first-order chi connectivity index (χ1) is 8.70. The number of nitrogens with one attached hydrogen (secondary N) is 1. The van der Waals surface area contributed by atoms with Crippen LogP contribution in [-0.2, 0) is 4.79 Å². The van der Waals surface area contributed by atoms with E-state index in [1.807, 2.05) is 19.1 Å². The Kier molecular flexibility index (Phi) is 3.63. The lowest BCUT2D eigenvalue weighted by Gasteiger charge is -2.10. The molecule has 0 spiro atoms. The topological polar surface area (TPSA) is 98.7 Å². The molecule has 1 atom stereocenters. The van der Waals surface area contributed by atoms with E-state index in [0.717, 1.165) is 5.69 Å². The zero-order valence-corrected chi connectivity index (χ0v) is 9.95. The van der Waals surface area contributed by atoms with Crippen molar-refractivity contribution in [3.8, 4) is 5.69 Å². The molecule has 1 aromatic carbocycles. The first-order valence-electron chi connectivity index (χ1n) is 5.60. The number of hydrogen-bond donors (Lipinski definition) is 2. The lowest BCUT2D eigenvalue weighted by atomic mass is 10.2. The molecule has 0 saturated heterocycles. The Morgan fingerprint density at radius 1 is 1.44 bits per heavy atom. The average Bonchev–Trinajstić information content (AvgIpc) is 2.92. The molecule has 0 unspecified atom stereocenters. The van der Waals surface area contributed by atoms with E-state index >= 15 is 0 Å². The summed E-state index contributed by atoms with van der Waals surface area (Å²) >= 11 is 0. The summed E-state index contributed by atoms with van der Waals surface area (Å²) in [5.74, 6) is -0.187. The number of tetrazole rings is 1. The van der Waals surface area contributed by atoms with Gasteiger partial charge >= 0.3 is 0 Å². The van der Waals surface area contributed by atoms with Crippen LogP contribution in [0.1, 0.15) is 13.3 Å². The van der Waals surface area contributed by atoms with Gasteiger partial charge in [-0.25, -0.2) is 4.68 Å². The Labute approximate surface area is 104 Å². The van der Waals surface area contributed by atoms with E-state index in [-0.39, 0.29) is 5.91 Å². The van der Waals surface area contributed by atoms with Gasteiger partial charge in [-0.1, -0.05) is 6.92 Å². The van der Waals surface area contributed by atoms with E-state index in [4.69, 9.17) is 5.73 Å². The monoisotopic (exact) mass is 246 g/mol. The lowest BCUT2D eigenvalue weighted by Crippen LogP contribution is -2.34. The van der Waals surface area contributed by atoms with Gasteiger partial charge in [0.15, 0.2) is 0 Å². The van der Waals surface area contributed by atoms with Gasteiger partial charge in [0.25, 0.3) is 0 Å². The van der Waals surface area contributed by atoms with Gasteiger partial charge in [-0.15, -0.1) is 5.10 Å². The van der Waals surface area contributed by atoms with E-state index in [0.29, 0.717) is 12.1 Å². The molecular formula is C11H14N6O. The summed E-state index contributed by atoms with van der Waals surface area (Å²) < 4.78 is 1.53. The molecule has 2 rings (SSSR count). The molecule has 0 radical (unpaired) electrons. The maximum atomic E-state index is 11.6. The van der Waals surface area contributed by atoms with Gasteiger partial charge in [0, 0.05) is 5.69 Å². The molecule has 3 N–H and O–H groups in total. The zero-order valence-electron chi connectivity index (χ0n) is 9.95. The largest absolute Gasteiger partial charge is 0.325 e. The molecule has 0 aliphatic carbocycles. The minimum atomic E-state index is -0.482. The standard InChI is InChI=1S/C11H14N6O/c1-2-10(12)11(18)14-8-3-5-9(6-4-8)17-7-13-15-16-17/h3-7,10H,2,12H2,1H3,(H,14,18)/t10-/m0/s1. The Bertz CT molecular complexity index is 507. The van der Waals surface area contributed by atoms with Crippen molar-refractivity contribution in [2.75, 3.05) is 5.32 Å². The third kappa shape index (κ3) is 2.69. The summed E-state index contributed by atoms with van der Waals surface area (Å²) in [6.45, 7) is 1.87. The van der Waals surface area contributed by atoms with Crippen molar-refractivity contribution in [3.63, 3.8) is 0 Å². The summed E-state index contributed by atoms with van der Waals surface area (Å²) in [5.41, 5.74) is 7.14. The van der Waals surface area contributed by atoms with Gasteiger partial charge in [0.1, 0.15) is 6.33 Å². The van der Waals surface area contributed by atoms with Crippen molar-refractivity contribution < 1.29 is 4.79 Å². The summed E-state index contributed by atoms with van der Waals surface area (Å²) in [4.78, 5) is 11.6. The van der Waals surface area contributed by atoms with Gasteiger partial charge in [0.2, 0.25) is 5.91 Å². The second-order valence-electron chi connectivity index (χ2n) is 3.81. The van der Waals surface area contributed by atoms with Crippen molar-refractivity contribution >= 4 is 11.6 Å². The maximum absolute atomic E-state index is 11.6. The van der Waals surface area contributed by atoms with Crippen LogP contribution < -0.4 is 11.1 Å². The molecule has 1 heterocycles. The van der Waals surface area contributed by atoms with Crippen molar-refractivity contribution in [2.24, 2.45) is 5.73 Å². The van der Waals surface area contributed by atoms with Crippen LogP contribution in [0.2, 0.25) is 0 Å². The molecule has 7 nitrogen and oxygen atoms in total. The second-order valence-corrected chi connectivity index (χ2v) is 3.81. The molecule has 1 amide bonds. The van der Waals surface area contributed by atoms with Gasteiger partial charge in [-0.3, -0.25) is 4.79 Å². The number of rotatable bonds is 4. The zero-order chi connectivity index (χ0) is 13.0. The number of carbonyl (C=O) groups is 1. The molecular weight excluding hydrogens is 232 g/mol. The van der Waals surface area contributed by atoms with Crippen LogP contribution in [0.5, 0.6) is 0 Å². The van der Waals surface area contributed by atoms with Crippen LogP contribution in [-0.4, -0.2) is 32.2 Å². The van der Waals surface area contributed by atoms with Gasteiger partial charge in [0.05, 0.1) is 11.7 Å². The van der Waals surface area contributed by atoms with Crippen molar-refractivity contribution in [1.82, 2.24) is 20.2 Å². The number of amides is 1. The predicted octanol–water partition coefficient (Wildman–Crippen LogP) is 0.338. The number of nitrogens with two attached hydrogens (primary N) is 1. The average molecular weight is 246 g/mol. The fourth-order valence-corrected chi connectivity index (χ4v) is 1.40. The molecule has 94 valence electrons. The summed E-state index contributed by atoms with van der Waals surface area (Å²) in [6, 6.07) is 6.69. The highest BCUT2D eigenvalue weighted by molar-refractivity contribution is 5.94. The highest BCUT2D eigenvalue weighted by Crippen LogP contribution is 2.12. The van der Waals surface area contributed by atoms with Crippen LogP contribution in [0.3, 0.4) is 0 Å². The van der Waals surface area contributed by atoms with E-state index in [1.165, 1.54) is 11.0 Å². The molecule has 0 bridgehead atoms. The van der Waals surface area contributed by atoms with Crippen LogP contribution in [0.15, 0.2) is 30.6 Å². The molecule has 0 saturated carbocycles. The maximum Gasteiger partial charge on any atom is 0.241 e. The lowest BCUT2D eigenvalue weighted by molar-refractivity contribution is -0.117. The van der Waals surface area contributed by atoms with Crippen LogP contribution in [0.25, 0.3) is 5.69 Å². The Morgan fingerprint density at radius 3 is 2.72 bits per heavy atom. The van der Waals surface area contributed by atoms with Crippen LogP contribution in [0.4, 0.5) is 5.69 Å². The quantitative estimate of drug-likeness (QED) is 0.810. The van der Waals surface area contributed by atoms with Crippen molar-refractivity contribution in [2.45, 2.75) is 19.4 Å². The SMILES string of the molecule is CC[C@H](N)C(=O)Nc1ccc(-n2cnnn2)cc1. The number of aromatic nitrogens is 4. The molecule has 2 aromatic rings. The predicted molar refractivity (Wildman–Crippen MR) is 66.1 cm³/mol. The minimum absolute atomic E-state index is 0.187. The summed E-state index contributed by atoms with van der Waals surface area (Å²) in [5, 5.41) is 13.6.